The molecule has 1 heterocycles. The Labute approximate surface area is 172 Å². The number of nitrogens with one attached hydrogen (secondary N) is 1. The van der Waals surface area contributed by atoms with Gasteiger partial charge in [-0.25, -0.2) is 0 Å². The quantitative estimate of drug-likeness (QED) is 0.733. The summed E-state index contributed by atoms with van der Waals surface area (Å²) in [7, 11) is 0. The number of amides is 2. The molecule has 1 atom stereocenters. The van der Waals surface area contributed by atoms with Crippen molar-refractivity contribution >= 4 is 17.6 Å². The summed E-state index contributed by atoms with van der Waals surface area (Å²) in [5.41, 5.74) is 3.87. The number of carbonyl (C=O) groups excluding carboxylic acids is 3. The summed E-state index contributed by atoms with van der Waals surface area (Å²) in [5.74, 6) is -0.287. The number of nitrogens with zero attached hydrogens (tertiary/aromatic N) is 1. The van der Waals surface area contributed by atoms with Crippen molar-refractivity contribution in [1.29, 1.82) is 0 Å². The largest absolute Gasteiger partial charge is 0.350 e. The second kappa shape index (κ2) is 9.50. The summed E-state index contributed by atoms with van der Waals surface area (Å²) >= 11 is 0. The molecule has 2 amide bonds. The summed E-state index contributed by atoms with van der Waals surface area (Å²) in [6.07, 6.45) is 1.77. The van der Waals surface area contributed by atoms with Crippen molar-refractivity contribution in [3.05, 3.63) is 70.8 Å². The molecule has 0 bridgehead atoms. The van der Waals surface area contributed by atoms with Crippen LogP contribution in [0.3, 0.4) is 0 Å². The van der Waals surface area contributed by atoms with Crippen LogP contribution >= 0.6 is 0 Å². The number of hydrogen-bond acceptors (Lipinski definition) is 3. The SMILES string of the molecule is Cc1ccc(C(=O)CCC(=O)N2CCCC2C(=O)NCc2ccccc2)cc1C. The summed E-state index contributed by atoms with van der Waals surface area (Å²) in [5, 5.41) is 2.93. The van der Waals surface area contributed by atoms with Gasteiger partial charge < -0.3 is 10.2 Å². The molecule has 3 rings (SSSR count). The number of hydrogen-bond donors (Lipinski definition) is 1. The number of benzene rings is 2. The Balaban J connectivity index is 1.53. The van der Waals surface area contributed by atoms with E-state index >= 15 is 0 Å². The van der Waals surface area contributed by atoms with Crippen molar-refractivity contribution in [2.75, 3.05) is 6.54 Å². The smallest absolute Gasteiger partial charge is 0.243 e. The van der Waals surface area contributed by atoms with E-state index in [0.29, 0.717) is 25.1 Å². The standard InChI is InChI=1S/C24H28N2O3/c1-17-10-11-20(15-18(17)2)22(27)12-13-23(28)26-14-6-9-21(26)24(29)25-16-19-7-4-3-5-8-19/h3-5,7-8,10-11,15,21H,6,9,12-14,16H2,1-2H3,(H,25,29). The molecule has 1 saturated heterocycles. The van der Waals surface area contributed by atoms with Gasteiger partial charge in [0, 0.05) is 31.5 Å². The minimum Gasteiger partial charge on any atom is -0.350 e. The molecule has 2 aromatic carbocycles. The zero-order valence-electron chi connectivity index (χ0n) is 17.1. The first-order chi connectivity index (χ1) is 14.0. The molecular formula is C24H28N2O3. The van der Waals surface area contributed by atoms with Crippen molar-refractivity contribution in [1.82, 2.24) is 10.2 Å². The fourth-order valence-corrected chi connectivity index (χ4v) is 3.66. The second-order valence-corrected chi connectivity index (χ2v) is 7.67. The lowest BCUT2D eigenvalue weighted by molar-refractivity contribution is -0.138. The third-order valence-electron chi connectivity index (χ3n) is 5.58. The lowest BCUT2D eigenvalue weighted by Gasteiger charge is -2.24. The van der Waals surface area contributed by atoms with Gasteiger partial charge in [0.15, 0.2) is 5.78 Å². The molecule has 1 aliphatic rings. The lowest BCUT2D eigenvalue weighted by Crippen LogP contribution is -2.45. The Morgan fingerprint density at radius 2 is 1.76 bits per heavy atom. The molecule has 1 aliphatic heterocycles. The highest BCUT2D eigenvalue weighted by Gasteiger charge is 2.33. The second-order valence-electron chi connectivity index (χ2n) is 7.67. The van der Waals surface area contributed by atoms with Gasteiger partial charge in [0.2, 0.25) is 11.8 Å². The highest BCUT2D eigenvalue weighted by atomic mass is 16.2. The Morgan fingerprint density at radius 3 is 2.48 bits per heavy atom. The van der Waals surface area contributed by atoms with Crippen molar-refractivity contribution in [3.8, 4) is 0 Å². The number of carbonyl (C=O) groups is 3. The summed E-state index contributed by atoms with van der Waals surface area (Å²) in [4.78, 5) is 39.4. The van der Waals surface area contributed by atoms with E-state index in [4.69, 9.17) is 0 Å². The van der Waals surface area contributed by atoms with Crippen molar-refractivity contribution < 1.29 is 14.4 Å². The first-order valence-electron chi connectivity index (χ1n) is 10.2. The minimum absolute atomic E-state index is 0.0364. The van der Waals surface area contributed by atoms with Crippen LogP contribution in [0.4, 0.5) is 0 Å². The Kier molecular flexibility index (Phi) is 6.81. The molecule has 1 fully saturated rings. The molecule has 0 radical (unpaired) electrons. The van der Waals surface area contributed by atoms with E-state index < -0.39 is 6.04 Å². The van der Waals surface area contributed by atoms with Crippen molar-refractivity contribution in [3.63, 3.8) is 0 Å². The maximum Gasteiger partial charge on any atom is 0.243 e. The first-order valence-corrected chi connectivity index (χ1v) is 10.2. The molecule has 0 aliphatic carbocycles. The summed E-state index contributed by atoms with van der Waals surface area (Å²) in [6.45, 7) is 4.99. The maximum absolute atomic E-state index is 12.7. The van der Waals surface area contributed by atoms with E-state index in [-0.39, 0.29) is 30.4 Å². The fraction of sp³-hybridized carbons (Fsp3) is 0.375. The van der Waals surface area contributed by atoms with E-state index in [1.165, 1.54) is 0 Å². The van der Waals surface area contributed by atoms with Crippen LogP contribution in [-0.2, 0) is 16.1 Å². The molecule has 0 aromatic heterocycles. The molecule has 5 heteroatoms. The molecule has 2 aromatic rings. The molecule has 0 spiro atoms. The predicted molar refractivity (Wildman–Crippen MR) is 113 cm³/mol. The summed E-state index contributed by atoms with van der Waals surface area (Å²) < 4.78 is 0. The van der Waals surface area contributed by atoms with Gasteiger partial charge in [-0.3, -0.25) is 14.4 Å². The number of likely N-dealkylation sites (tertiary alicyclic amines) is 1. The third kappa shape index (κ3) is 5.31. The topological polar surface area (TPSA) is 66.5 Å². The Hall–Kier alpha value is -2.95. The monoisotopic (exact) mass is 392 g/mol. The average Bonchev–Trinajstić information content (AvgIpc) is 3.23. The lowest BCUT2D eigenvalue weighted by atomic mass is 10.0. The molecule has 5 nitrogen and oxygen atoms in total. The van der Waals surface area contributed by atoms with Gasteiger partial charge in [0.1, 0.15) is 6.04 Å². The first kappa shape index (κ1) is 20.8. The van der Waals surface area contributed by atoms with Gasteiger partial charge in [-0.05, 0) is 49.4 Å². The Morgan fingerprint density at radius 1 is 1.00 bits per heavy atom. The third-order valence-corrected chi connectivity index (χ3v) is 5.58. The number of aryl methyl sites for hydroxylation is 2. The van der Waals surface area contributed by atoms with Gasteiger partial charge >= 0.3 is 0 Å². The van der Waals surface area contributed by atoms with Crippen LogP contribution in [-0.4, -0.2) is 35.1 Å². The van der Waals surface area contributed by atoms with Crippen molar-refractivity contribution in [2.45, 2.75) is 52.1 Å². The number of rotatable bonds is 7. The van der Waals surface area contributed by atoms with E-state index in [2.05, 4.69) is 5.32 Å². The maximum atomic E-state index is 12.7. The van der Waals surface area contributed by atoms with Gasteiger partial charge in [0.25, 0.3) is 0 Å². The predicted octanol–water partition coefficient (Wildman–Crippen LogP) is 3.57. The highest BCUT2D eigenvalue weighted by Crippen LogP contribution is 2.20. The molecule has 152 valence electrons. The van der Waals surface area contributed by atoms with Gasteiger partial charge in [-0.15, -0.1) is 0 Å². The van der Waals surface area contributed by atoms with Crippen LogP contribution in [0.5, 0.6) is 0 Å². The van der Waals surface area contributed by atoms with Crippen LogP contribution in [0, 0.1) is 13.8 Å². The van der Waals surface area contributed by atoms with E-state index in [0.717, 1.165) is 23.1 Å². The van der Waals surface area contributed by atoms with Gasteiger partial charge in [-0.2, -0.15) is 0 Å². The van der Waals surface area contributed by atoms with Gasteiger partial charge in [0.05, 0.1) is 0 Å². The van der Waals surface area contributed by atoms with Crippen LogP contribution in [0.15, 0.2) is 48.5 Å². The molecule has 0 saturated carbocycles. The molecule has 1 unspecified atom stereocenters. The van der Waals surface area contributed by atoms with Crippen LogP contribution in [0.2, 0.25) is 0 Å². The van der Waals surface area contributed by atoms with Gasteiger partial charge in [-0.1, -0.05) is 42.5 Å². The highest BCUT2D eigenvalue weighted by molar-refractivity contribution is 5.98. The zero-order valence-corrected chi connectivity index (χ0v) is 17.1. The number of ketones is 1. The normalized spacial score (nSPS) is 15.9. The van der Waals surface area contributed by atoms with Crippen molar-refractivity contribution in [2.24, 2.45) is 0 Å². The average molecular weight is 392 g/mol. The zero-order chi connectivity index (χ0) is 20.8. The molecular weight excluding hydrogens is 364 g/mol. The minimum atomic E-state index is -0.442. The van der Waals surface area contributed by atoms with E-state index in [1.54, 1.807) is 4.90 Å². The molecule has 1 N–H and O–H groups in total. The number of Topliss-reactive ketones (excluding diaryl/α,β-unsaturated/α-hetero) is 1. The van der Waals surface area contributed by atoms with E-state index in [9.17, 15) is 14.4 Å². The van der Waals surface area contributed by atoms with E-state index in [1.807, 2.05) is 62.4 Å². The Bertz CT molecular complexity index is 892. The molecule has 29 heavy (non-hydrogen) atoms. The van der Waals surface area contributed by atoms with Crippen LogP contribution < -0.4 is 5.32 Å². The van der Waals surface area contributed by atoms with Crippen LogP contribution in [0.25, 0.3) is 0 Å². The fourth-order valence-electron chi connectivity index (χ4n) is 3.66. The van der Waals surface area contributed by atoms with Crippen LogP contribution in [0.1, 0.15) is 52.7 Å². The summed E-state index contributed by atoms with van der Waals surface area (Å²) in [6, 6.07) is 14.9.